The predicted octanol–water partition coefficient (Wildman–Crippen LogP) is 3.31. The average Bonchev–Trinajstić information content (AvgIpc) is 2.89. The third-order valence-corrected chi connectivity index (χ3v) is 3.71. The van der Waals surface area contributed by atoms with Crippen molar-refractivity contribution in [2.75, 3.05) is 5.32 Å². The molecule has 7 heteroatoms. The van der Waals surface area contributed by atoms with Crippen molar-refractivity contribution in [2.24, 2.45) is 0 Å². The van der Waals surface area contributed by atoms with Crippen LogP contribution in [-0.2, 0) is 11.3 Å². The van der Waals surface area contributed by atoms with Crippen LogP contribution in [0.5, 0.6) is 0 Å². The summed E-state index contributed by atoms with van der Waals surface area (Å²) in [6.45, 7) is 0.213. The van der Waals surface area contributed by atoms with Gasteiger partial charge in [0.2, 0.25) is 0 Å². The number of fused-ring (bicyclic) bond motifs is 1. The first-order valence-electron chi connectivity index (χ1n) is 6.19. The molecule has 0 aliphatic rings. The zero-order valence-electron chi connectivity index (χ0n) is 10.8. The van der Waals surface area contributed by atoms with E-state index in [0.717, 1.165) is 14.5 Å². The van der Waals surface area contributed by atoms with E-state index in [9.17, 15) is 4.79 Å². The summed E-state index contributed by atoms with van der Waals surface area (Å²) in [5, 5.41) is 3.42. The lowest BCUT2D eigenvalue weighted by Gasteiger charge is -2.07. The van der Waals surface area contributed by atoms with Crippen molar-refractivity contribution in [3.05, 3.63) is 52.0 Å². The first kappa shape index (κ1) is 13.8. The fourth-order valence-electron chi connectivity index (χ4n) is 1.88. The highest BCUT2D eigenvalue weighted by Gasteiger charge is 2.12. The Morgan fingerprint density at radius 2 is 2.10 bits per heavy atom. The standard InChI is InChI=1S/C14H11IN4O2/c15-10-6-16-12-11(10)13(18-8-17-12)19-14(20)21-7-9-4-2-1-3-5-9/h1-6,8H,7H2,(H2,16,17,18,19,20). The molecular formula is C14H11IN4O2. The number of ether oxygens (including phenoxy) is 1. The van der Waals surface area contributed by atoms with Crippen LogP contribution in [0.15, 0.2) is 42.9 Å². The van der Waals surface area contributed by atoms with Crippen LogP contribution in [0.4, 0.5) is 10.6 Å². The van der Waals surface area contributed by atoms with Crippen molar-refractivity contribution in [2.45, 2.75) is 6.61 Å². The largest absolute Gasteiger partial charge is 0.444 e. The van der Waals surface area contributed by atoms with Crippen LogP contribution in [-0.4, -0.2) is 21.0 Å². The number of nitrogens with zero attached hydrogens (tertiary/aromatic N) is 2. The van der Waals surface area contributed by atoms with Gasteiger partial charge in [0.05, 0.1) is 5.39 Å². The van der Waals surface area contributed by atoms with E-state index in [0.29, 0.717) is 11.5 Å². The average molecular weight is 394 g/mol. The number of hydrogen-bond donors (Lipinski definition) is 2. The first-order chi connectivity index (χ1) is 10.2. The summed E-state index contributed by atoms with van der Waals surface area (Å²) in [5.74, 6) is 0.434. The SMILES string of the molecule is O=C(Nc1ncnc2[nH]cc(I)c12)OCc1ccccc1. The van der Waals surface area contributed by atoms with Gasteiger partial charge in [-0.05, 0) is 28.2 Å². The molecule has 6 nitrogen and oxygen atoms in total. The summed E-state index contributed by atoms with van der Waals surface area (Å²) in [5.41, 5.74) is 1.60. The van der Waals surface area contributed by atoms with E-state index in [4.69, 9.17) is 4.74 Å². The molecule has 0 spiro atoms. The third kappa shape index (κ3) is 3.13. The molecule has 2 N–H and O–H groups in total. The normalized spacial score (nSPS) is 10.5. The fraction of sp³-hybridized carbons (Fsp3) is 0.0714. The maximum absolute atomic E-state index is 11.9. The third-order valence-electron chi connectivity index (χ3n) is 2.85. The molecule has 106 valence electrons. The number of rotatable bonds is 3. The van der Waals surface area contributed by atoms with E-state index in [1.807, 2.05) is 30.3 Å². The molecule has 0 radical (unpaired) electrons. The van der Waals surface area contributed by atoms with Gasteiger partial charge in [0.15, 0.2) is 0 Å². The van der Waals surface area contributed by atoms with Crippen molar-refractivity contribution in [1.29, 1.82) is 0 Å². The lowest BCUT2D eigenvalue weighted by Crippen LogP contribution is -2.14. The second kappa shape index (κ2) is 6.08. The van der Waals surface area contributed by atoms with E-state index in [2.05, 4.69) is 42.9 Å². The molecule has 0 atom stereocenters. The van der Waals surface area contributed by atoms with Gasteiger partial charge in [-0.25, -0.2) is 14.8 Å². The van der Waals surface area contributed by atoms with Crippen molar-refractivity contribution in [3.63, 3.8) is 0 Å². The molecule has 0 saturated heterocycles. The highest BCUT2D eigenvalue weighted by molar-refractivity contribution is 14.1. The van der Waals surface area contributed by atoms with Gasteiger partial charge >= 0.3 is 6.09 Å². The number of halogens is 1. The van der Waals surface area contributed by atoms with E-state index < -0.39 is 6.09 Å². The minimum Gasteiger partial charge on any atom is -0.444 e. The number of anilines is 1. The van der Waals surface area contributed by atoms with Crippen LogP contribution in [0.25, 0.3) is 11.0 Å². The molecule has 3 rings (SSSR count). The monoisotopic (exact) mass is 394 g/mol. The number of benzene rings is 1. The summed E-state index contributed by atoms with van der Waals surface area (Å²) in [7, 11) is 0. The molecule has 0 unspecified atom stereocenters. The minimum absolute atomic E-state index is 0.213. The Balaban J connectivity index is 1.70. The molecule has 1 amide bonds. The Morgan fingerprint density at radius 1 is 1.29 bits per heavy atom. The highest BCUT2D eigenvalue weighted by atomic mass is 127. The summed E-state index contributed by atoms with van der Waals surface area (Å²) < 4.78 is 6.11. The minimum atomic E-state index is -0.546. The Labute approximate surface area is 134 Å². The number of carbonyl (C=O) groups excluding carboxylic acids is 1. The van der Waals surface area contributed by atoms with E-state index in [-0.39, 0.29) is 6.61 Å². The molecule has 1 aromatic carbocycles. The lowest BCUT2D eigenvalue weighted by molar-refractivity contribution is 0.155. The first-order valence-corrected chi connectivity index (χ1v) is 7.27. The highest BCUT2D eigenvalue weighted by Crippen LogP contribution is 2.24. The van der Waals surface area contributed by atoms with Gasteiger partial charge in [0.1, 0.15) is 24.4 Å². The number of aromatic nitrogens is 3. The van der Waals surface area contributed by atoms with Crippen molar-refractivity contribution in [3.8, 4) is 0 Å². The second-order valence-electron chi connectivity index (χ2n) is 4.27. The van der Waals surface area contributed by atoms with Crippen molar-refractivity contribution in [1.82, 2.24) is 15.0 Å². The van der Waals surface area contributed by atoms with Crippen LogP contribution in [0.1, 0.15) is 5.56 Å². The maximum Gasteiger partial charge on any atom is 0.413 e. The maximum atomic E-state index is 11.9. The van der Waals surface area contributed by atoms with Gasteiger partial charge in [0, 0.05) is 9.77 Å². The quantitative estimate of drug-likeness (QED) is 0.669. The van der Waals surface area contributed by atoms with Gasteiger partial charge in [-0.2, -0.15) is 0 Å². The zero-order valence-corrected chi connectivity index (χ0v) is 13.0. The second-order valence-corrected chi connectivity index (χ2v) is 5.43. The molecule has 0 fully saturated rings. The van der Waals surface area contributed by atoms with Gasteiger partial charge in [-0.1, -0.05) is 30.3 Å². The molecule has 21 heavy (non-hydrogen) atoms. The van der Waals surface area contributed by atoms with E-state index in [1.54, 1.807) is 6.20 Å². The summed E-state index contributed by atoms with van der Waals surface area (Å²) in [4.78, 5) is 23.1. The van der Waals surface area contributed by atoms with Crippen LogP contribution in [0, 0.1) is 3.57 Å². The smallest absolute Gasteiger partial charge is 0.413 e. The Bertz CT molecular complexity index is 773. The number of amides is 1. The van der Waals surface area contributed by atoms with Gasteiger partial charge in [-0.15, -0.1) is 0 Å². The molecule has 0 bridgehead atoms. The number of nitrogens with one attached hydrogen (secondary N) is 2. The number of carbonyl (C=O) groups is 1. The Morgan fingerprint density at radius 3 is 2.90 bits per heavy atom. The lowest BCUT2D eigenvalue weighted by atomic mass is 10.2. The zero-order chi connectivity index (χ0) is 14.7. The predicted molar refractivity (Wildman–Crippen MR) is 86.9 cm³/mol. The van der Waals surface area contributed by atoms with Crippen LogP contribution in [0.3, 0.4) is 0 Å². The van der Waals surface area contributed by atoms with Gasteiger partial charge in [-0.3, -0.25) is 5.32 Å². The van der Waals surface area contributed by atoms with Gasteiger partial charge in [0.25, 0.3) is 0 Å². The Kier molecular flexibility index (Phi) is 4.00. The number of H-pyrrole nitrogens is 1. The molecular weight excluding hydrogens is 383 g/mol. The Hall–Kier alpha value is -2.16. The van der Waals surface area contributed by atoms with Crippen molar-refractivity contribution < 1.29 is 9.53 Å². The van der Waals surface area contributed by atoms with E-state index in [1.165, 1.54) is 6.33 Å². The molecule has 0 saturated carbocycles. The molecule has 0 aliphatic heterocycles. The van der Waals surface area contributed by atoms with Crippen LogP contribution in [0.2, 0.25) is 0 Å². The topological polar surface area (TPSA) is 79.9 Å². The van der Waals surface area contributed by atoms with Crippen LogP contribution < -0.4 is 5.32 Å². The van der Waals surface area contributed by atoms with Crippen molar-refractivity contribution >= 4 is 45.5 Å². The van der Waals surface area contributed by atoms with E-state index >= 15 is 0 Å². The summed E-state index contributed by atoms with van der Waals surface area (Å²) in [6.07, 6.45) is 2.65. The summed E-state index contributed by atoms with van der Waals surface area (Å²) >= 11 is 2.15. The molecule has 2 aromatic heterocycles. The molecule has 3 aromatic rings. The number of hydrogen-bond acceptors (Lipinski definition) is 4. The van der Waals surface area contributed by atoms with Gasteiger partial charge < -0.3 is 9.72 Å². The fourth-order valence-corrected chi connectivity index (χ4v) is 2.54. The number of aromatic amines is 1. The van der Waals surface area contributed by atoms with Crippen LogP contribution >= 0.6 is 22.6 Å². The summed E-state index contributed by atoms with van der Waals surface area (Å²) in [6, 6.07) is 9.49. The molecule has 0 aliphatic carbocycles. The molecule has 2 heterocycles.